The molecule has 0 aliphatic carbocycles. The van der Waals surface area contributed by atoms with Crippen LogP contribution in [0.2, 0.25) is 0 Å². The molecule has 2 amide bonds. The molecular weight excluding hydrogens is 328 g/mol. The Morgan fingerprint density at radius 3 is 2.81 bits per heavy atom. The highest BCUT2D eigenvalue weighted by Crippen LogP contribution is 2.22. The summed E-state index contributed by atoms with van der Waals surface area (Å²) >= 11 is 0. The summed E-state index contributed by atoms with van der Waals surface area (Å²) in [6.45, 7) is 3.44. The van der Waals surface area contributed by atoms with E-state index in [2.05, 4.69) is 11.4 Å². The molecule has 0 spiro atoms. The summed E-state index contributed by atoms with van der Waals surface area (Å²) in [5.41, 5.74) is 3.18. The van der Waals surface area contributed by atoms with Gasteiger partial charge in [-0.2, -0.15) is 0 Å². The van der Waals surface area contributed by atoms with Crippen LogP contribution >= 0.6 is 0 Å². The van der Waals surface area contributed by atoms with Crippen LogP contribution in [0.25, 0.3) is 0 Å². The molecule has 1 atom stereocenters. The zero-order valence-corrected chi connectivity index (χ0v) is 15.2. The minimum atomic E-state index is -0.304. The molecule has 1 N–H and O–H groups in total. The molecule has 0 saturated carbocycles. The Labute approximate surface area is 154 Å². The topological polar surface area (TPSA) is 58.6 Å². The SMILES string of the molecule is COc1ccccc1CNC(=O)C1CC(=O)N(Cc2cccc(C)c2)C1. The van der Waals surface area contributed by atoms with E-state index in [9.17, 15) is 9.59 Å². The van der Waals surface area contributed by atoms with Gasteiger partial charge < -0.3 is 15.0 Å². The Morgan fingerprint density at radius 1 is 1.23 bits per heavy atom. The van der Waals surface area contributed by atoms with Gasteiger partial charge in [0.25, 0.3) is 0 Å². The van der Waals surface area contributed by atoms with E-state index in [-0.39, 0.29) is 24.2 Å². The predicted octanol–water partition coefficient (Wildman–Crippen LogP) is 2.67. The summed E-state index contributed by atoms with van der Waals surface area (Å²) in [5, 5.41) is 2.93. The first-order valence-corrected chi connectivity index (χ1v) is 8.79. The number of likely N-dealkylation sites (tertiary alicyclic amines) is 1. The lowest BCUT2D eigenvalue weighted by atomic mass is 10.1. The number of para-hydroxylation sites is 1. The van der Waals surface area contributed by atoms with Crippen LogP contribution in [-0.2, 0) is 22.7 Å². The van der Waals surface area contributed by atoms with Gasteiger partial charge >= 0.3 is 0 Å². The second-order valence-corrected chi connectivity index (χ2v) is 6.69. The third-order valence-corrected chi connectivity index (χ3v) is 4.69. The summed E-state index contributed by atoms with van der Waals surface area (Å²) in [6, 6.07) is 15.7. The lowest BCUT2D eigenvalue weighted by molar-refractivity contribution is -0.129. The molecule has 1 unspecified atom stereocenters. The van der Waals surface area contributed by atoms with E-state index in [0.717, 1.165) is 16.9 Å². The van der Waals surface area contributed by atoms with Gasteiger partial charge in [-0.25, -0.2) is 0 Å². The number of hydrogen-bond acceptors (Lipinski definition) is 3. The lowest BCUT2D eigenvalue weighted by Gasteiger charge is -2.17. The first-order chi connectivity index (χ1) is 12.6. The molecule has 1 saturated heterocycles. The van der Waals surface area contributed by atoms with E-state index in [1.165, 1.54) is 5.56 Å². The number of ether oxygens (including phenoxy) is 1. The average Bonchev–Trinajstić information content (AvgIpc) is 3.00. The molecule has 3 rings (SSSR count). The maximum atomic E-state index is 12.5. The Bertz CT molecular complexity index is 803. The van der Waals surface area contributed by atoms with E-state index in [4.69, 9.17) is 4.74 Å². The minimum Gasteiger partial charge on any atom is -0.496 e. The van der Waals surface area contributed by atoms with Crippen molar-refractivity contribution in [2.24, 2.45) is 5.92 Å². The first-order valence-electron chi connectivity index (χ1n) is 8.79. The van der Waals surface area contributed by atoms with Crippen molar-refractivity contribution >= 4 is 11.8 Å². The minimum absolute atomic E-state index is 0.0314. The van der Waals surface area contributed by atoms with E-state index in [0.29, 0.717) is 19.6 Å². The zero-order chi connectivity index (χ0) is 18.5. The molecule has 1 heterocycles. The molecule has 0 radical (unpaired) electrons. The number of hydrogen-bond donors (Lipinski definition) is 1. The molecule has 0 bridgehead atoms. The third kappa shape index (κ3) is 4.23. The second kappa shape index (κ2) is 8.04. The van der Waals surface area contributed by atoms with Crippen molar-refractivity contribution < 1.29 is 14.3 Å². The molecule has 5 nitrogen and oxygen atoms in total. The molecule has 136 valence electrons. The number of methoxy groups -OCH3 is 1. The van der Waals surface area contributed by atoms with Crippen molar-refractivity contribution in [3.05, 3.63) is 65.2 Å². The summed E-state index contributed by atoms with van der Waals surface area (Å²) in [6.07, 6.45) is 0.267. The summed E-state index contributed by atoms with van der Waals surface area (Å²) in [7, 11) is 1.61. The average molecular weight is 352 g/mol. The van der Waals surface area contributed by atoms with Gasteiger partial charge in [0.05, 0.1) is 13.0 Å². The summed E-state index contributed by atoms with van der Waals surface area (Å²) in [4.78, 5) is 26.5. The van der Waals surface area contributed by atoms with Crippen LogP contribution in [0.15, 0.2) is 48.5 Å². The lowest BCUT2D eigenvalue weighted by Crippen LogP contribution is -2.32. The third-order valence-electron chi connectivity index (χ3n) is 4.69. The van der Waals surface area contributed by atoms with Crippen molar-refractivity contribution in [3.8, 4) is 5.75 Å². The van der Waals surface area contributed by atoms with E-state index < -0.39 is 0 Å². The molecule has 1 aliphatic rings. The highest BCUT2D eigenvalue weighted by Gasteiger charge is 2.34. The smallest absolute Gasteiger partial charge is 0.225 e. The molecule has 1 fully saturated rings. The number of amides is 2. The molecular formula is C21H24N2O3. The predicted molar refractivity (Wildman–Crippen MR) is 99.5 cm³/mol. The molecule has 26 heavy (non-hydrogen) atoms. The maximum Gasteiger partial charge on any atom is 0.225 e. The van der Waals surface area contributed by atoms with Gasteiger partial charge in [-0.1, -0.05) is 48.0 Å². The molecule has 0 aromatic heterocycles. The number of nitrogens with one attached hydrogen (secondary N) is 1. The van der Waals surface area contributed by atoms with Crippen LogP contribution in [0.5, 0.6) is 5.75 Å². The van der Waals surface area contributed by atoms with Gasteiger partial charge in [0, 0.05) is 31.6 Å². The molecule has 2 aromatic rings. The molecule has 2 aromatic carbocycles. The van der Waals surface area contributed by atoms with Crippen molar-refractivity contribution in [1.82, 2.24) is 10.2 Å². The number of nitrogens with zero attached hydrogens (tertiary/aromatic N) is 1. The highest BCUT2D eigenvalue weighted by molar-refractivity contribution is 5.89. The maximum absolute atomic E-state index is 12.5. The largest absolute Gasteiger partial charge is 0.496 e. The van der Waals surface area contributed by atoms with Crippen LogP contribution < -0.4 is 10.1 Å². The number of aryl methyl sites for hydroxylation is 1. The van der Waals surface area contributed by atoms with Crippen LogP contribution in [0.4, 0.5) is 0 Å². The van der Waals surface area contributed by atoms with Gasteiger partial charge in [0.15, 0.2) is 0 Å². The van der Waals surface area contributed by atoms with E-state index in [1.54, 1.807) is 12.0 Å². The quantitative estimate of drug-likeness (QED) is 0.870. The monoisotopic (exact) mass is 352 g/mol. The number of rotatable bonds is 6. The number of carbonyl (C=O) groups is 2. The fourth-order valence-electron chi connectivity index (χ4n) is 3.31. The van der Waals surface area contributed by atoms with Crippen LogP contribution in [-0.4, -0.2) is 30.4 Å². The molecule has 1 aliphatic heterocycles. The van der Waals surface area contributed by atoms with Crippen molar-refractivity contribution in [3.63, 3.8) is 0 Å². The van der Waals surface area contributed by atoms with Crippen LogP contribution in [0.3, 0.4) is 0 Å². The first kappa shape index (κ1) is 18.0. The van der Waals surface area contributed by atoms with Gasteiger partial charge in [-0.3, -0.25) is 9.59 Å². The van der Waals surface area contributed by atoms with Gasteiger partial charge in [0.2, 0.25) is 11.8 Å². The van der Waals surface area contributed by atoms with Gasteiger partial charge in [-0.05, 0) is 18.6 Å². The van der Waals surface area contributed by atoms with Crippen molar-refractivity contribution in [2.75, 3.05) is 13.7 Å². The van der Waals surface area contributed by atoms with Gasteiger partial charge in [0.1, 0.15) is 5.75 Å². The van der Waals surface area contributed by atoms with Crippen molar-refractivity contribution in [2.45, 2.75) is 26.4 Å². The fourth-order valence-corrected chi connectivity index (χ4v) is 3.31. The summed E-state index contributed by atoms with van der Waals surface area (Å²) in [5.74, 6) is 0.387. The standard InChI is InChI=1S/C21H24N2O3/c1-15-6-5-7-16(10-15)13-23-14-18(11-20(23)24)21(25)22-12-17-8-3-4-9-19(17)26-2/h3-10,18H,11-14H2,1-2H3,(H,22,25). The fraction of sp³-hybridized carbons (Fsp3) is 0.333. The Balaban J connectivity index is 1.57. The van der Waals surface area contributed by atoms with Gasteiger partial charge in [-0.15, -0.1) is 0 Å². The van der Waals surface area contributed by atoms with Crippen LogP contribution in [0.1, 0.15) is 23.1 Å². The Morgan fingerprint density at radius 2 is 2.04 bits per heavy atom. The highest BCUT2D eigenvalue weighted by atomic mass is 16.5. The summed E-state index contributed by atoms with van der Waals surface area (Å²) < 4.78 is 5.30. The van der Waals surface area contributed by atoms with Crippen LogP contribution in [0, 0.1) is 12.8 Å². The normalized spacial score (nSPS) is 16.6. The Kier molecular flexibility index (Phi) is 5.56. The van der Waals surface area contributed by atoms with E-state index in [1.807, 2.05) is 49.4 Å². The Hall–Kier alpha value is -2.82. The molecule has 5 heteroatoms. The second-order valence-electron chi connectivity index (χ2n) is 6.69. The number of benzene rings is 2. The number of carbonyl (C=O) groups excluding carboxylic acids is 2. The van der Waals surface area contributed by atoms with Crippen molar-refractivity contribution in [1.29, 1.82) is 0 Å². The zero-order valence-electron chi connectivity index (χ0n) is 15.2. The van der Waals surface area contributed by atoms with E-state index >= 15 is 0 Å².